The van der Waals surface area contributed by atoms with Crippen LogP contribution < -0.4 is 5.32 Å². The smallest absolute Gasteiger partial charge is 0.132 e. The van der Waals surface area contributed by atoms with Crippen molar-refractivity contribution in [2.75, 3.05) is 11.9 Å². The monoisotopic (exact) mass is 287 g/mol. The summed E-state index contributed by atoms with van der Waals surface area (Å²) >= 11 is 3.37. The lowest BCUT2D eigenvalue weighted by Gasteiger charge is -2.13. The van der Waals surface area contributed by atoms with E-state index in [1.165, 1.54) is 0 Å². The molecule has 0 amide bonds. The summed E-state index contributed by atoms with van der Waals surface area (Å²) in [6, 6.07) is 2.06. The van der Waals surface area contributed by atoms with E-state index < -0.39 is 0 Å². The summed E-state index contributed by atoms with van der Waals surface area (Å²) in [5, 5.41) is 12.1. The summed E-state index contributed by atoms with van der Waals surface area (Å²) in [4.78, 5) is 8.70. The van der Waals surface area contributed by atoms with Crippen molar-refractivity contribution in [2.24, 2.45) is 0 Å². The number of aliphatic hydroxyl groups excluding tert-OH is 1. The third-order valence-corrected chi connectivity index (χ3v) is 2.58. The minimum absolute atomic E-state index is 0.183. The highest BCUT2D eigenvalue weighted by Gasteiger charge is 2.05. The van der Waals surface area contributed by atoms with E-state index in [4.69, 9.17) is 5.11 Å². The summed E-state index contributed by atoms with van der Waals surface area (Å²) in [5.41, 5.74) is 0. The molecule has 1 aromatic rings. The van der Waals surface area contributed by atoms with E-state index >= 15 is 0 Å². The van der Waals surface area contributed by atoms with E-state index in [0.717, 1.165) is 29.1 Å². The summed E-state index contributed by atoms with van der Waals surface area (Å²) in [6.07, 6.45) is 2.62. The molecular weight excluding hydrogens is 270 g/mol. The minimum Gasteiger partial charge on any atom is -0.396 e. The summed E-state index contributed by atoms with van der Waals surface area (Å²) in [7, 11) is 0. The van der Waals surface area contributed by atoms with Gasteiger partial charge in [0.15, 0.2) is 0 Å². The highest BCUT2D eigenvalue weighted by atomic mass is 79.9. The molecule has 1 unspecified atom stereocenters. The molecule has 0 aliphatic carbocycles. The molecule has 1 atom stereocenters. The van der Waals surface area contributed by atoms with Crippen LogP contribution in [-0.4, -0.2) is 27.7 Å². The molecule has 1 rings (SSSR count). The molecule has 0 aliphatic heterocycles. The van der Waals surface area contributed by atoms with E-state index in [-0.39, 0.29) is 12.6 Å². The van der Waals surface area contributed by atoms with Crippen molar-refractivity contribution in [3.05, 3.63) is 16.5 Å². The molecule has 2 N–H and O–H groups in total. The predicted octanol–water partition coefficient (Wildman–Crippen LogP) is 2.37. The fourth-order valence-electron chi connectivity index (χ4n) is 1.39. The maximum atomic E-state index is 8.83. The van der Waals surface area contributed by atoms with E-state index in [0.29, 0.717) is 6.42 Å². The van der Waals surface area contributed by atoms with E-state index in [1.54, 1.807) is 0 Å². The van der Waals surface area contributed by atoms with Gasteiger partial charge in [-0.2, -0.15) is 0 Å². The van der Waals surface area contributed by atoms with Gasteiger partial charge in [-0.15, -0.1) is 0 Å². The summed E-state index contributed by atoms with van der Waals surface area (Å²) < 4.78 is 0.796. The Hall–Kier alpha value is -0.680. The first-order chi connectivity index (χ1) is 7.65. The van der Waals surface area contributed by atoms with Crippen molar-refractivity contribution >= 4 is 21.7 Å². The Morgan fingerprint density at radius 3 is 2.88 bits per heavy atom. The van der Waals surface area contributed by atoms with Crippen LogP contribution in [0.25, 0.3) is 0 Å². The lowest BCUT2D eigenvalue weighted by Crippen LogP contribution is -2.18. The van der Waals surface area contributed by atoms with Crippen LogP contribution in [0.1, 0.15) is 32.5 Å². The van der Waals surface area contributed by atoms with Crippen LogP contribution >= 0.6 is 15.9 Å². The number of aryl methyl sites for hydroxylation is 1. The standard InChI is InChI=1S/C11H18BrN3O/c1-3-4-10-14-9(12)7-11(15-10)13-8(2)5-6-16/h7-8,16H,3-6H2,1-2H3,(H,13,14,15). The molecular formula is C11H18BrN3O. The second kappa shape index (κ2) is 6.81. The lowest BCUT2D eigenvalue weighted by molar-refractivity contribution is 0.282. The molecule has 0 aromatic carbocycles. The molecule has 16 heavy (non-hydrogen) atoms. The molecule has 1 heterocycles. The minimum atomic E-state index is 0.183. The third-order valence-electron chi connectivity index (χ3n) is 2.17. The molecule has 0 spiro atoms. The van der Waals surface area contributed by atoms with Gasteiger partial charge in [-0.3, -0.25) is 0 Å². The van der Waals surface area contributed by atoms with Gasteiger partial charge in [-0.05, 0) is 35.7 Å². The van der Waals surface area contributed by atoms with Crippen LogP contribution in [0.15, 0.2) is 10.7 Å². The maximum Gasteiger partial charge on any atom is 0.132 e. The first kappa shape index (κ1) is 13.4. The Balaban J connectivity index is 2.71. The van der Waals surface area contributed by atoms with Gasteiger partial charge in [0.1, 0.15) is 16.2 Å². The molecule has 0 saturated heterocycles. The van der Waals surface area contributed by atoms with E-state index in [2.05, 4.69) is 38.1 Å². The van der Waals surface area contributed by atoms with E-state index in [9.17, 15) is 0 Å². The number of nitrogens with one attached hydrogen (secondary N) is 1. The van der Waals surface area contributed by atoms with Crippen LogP contribution in [0.5, 0.6) is 0 Å². The SMILES string of the molecule is CCCc1nc(Br)cc(NC(C)CCO)n1. The second-order valence-electron chi connectivity index (χ2n) is 3.80. The topological polar surface area (TPSA) is 58.0 Å². The van der Waals surface area contributed by atoms with Gasteiger partial charge in [0.05, 0.1) is 0 Å². The molecule has 1 aromatic heterocycles. The van der Waals surface area contributed by atoms with Gasteiger partial charge >= 0.3 is 0 Å². The number of rotatable bonds is 6. The number of nitrogens with zero attached hydrogens (tertiary/aromatic N) is 2. The third kappa shape index (κ3) is 4.45. The molecule has 0 fully saturated rings. The first-order valence-electron chi connectivity index (χ1n) is 5.56. The molecule has 0 radical (unpaired) electrons. The molecule has 5 heteroatoms. The maximum absolute atomic E-state index is 8.83. The largest absolute Gasteiger partial charge is 0.396 e. The zero-order valence-electron chi connectivity index (χ0n) is 9.70. The summed E-state index contributed by atoms with van der Waals surface area (Å²) in [5.74, 6) is 1.65. The average molecular weight is 288 g/mol. The molecule has 90 valence electrons. The van der Waals surface area contributed by atoms with Crippen molar-refractivity contribution in [3.8, 4) is 0 Å². The fourth-order valence-corrected chi connectivity index (χ4v) is 1.81. The number of hydrogen-bond acceptors (Lipinski definition) is 4. The van der Waals surface area contributed by atoms with Crippen LogP contribution in [0.3, 0.4) is 0 Å². The van der Waals surface area contributed by atoms with Crippen LogP contribution in [0.2, 0.25) is 0 Å². The number of anilines is 1. The number of hydrogen-bond donors (Lipinski definition) is 2. The normalized spacial score (nSPS) is 12.5. The number of aromatic nitrogens is 2. The van der Waals surface area contributed by atoms with Crippen molar-refractivity contribution < 1.29 is 5.11 Å². The van der Waals surface area contributed by atoms with Crippen molar-refractivity contribution in [1.29, 1.82) is 0 Å². The van der Waals surface area contributed by atoms with Crippen LogP contribution in [0.4, 0.5) is 5.82 Å². The quantitative estimate of drug-likeness (QED) is 0.789. The predicted molar refractivity (Wildman–Crippen MR) is 68.5 cm³/mol. The Kier molecular flexibility index (Phi) is 5.69. The Bertz CT molecular complexity index is 333. The fraction of sp³-hybridized carbons (Fsp3) is 0.636. The first-order valence-corrected chi connectivity index (χ1v) is 6.35. The Labute approximate surface area is 105 Å². The number of aliphatic hydroxyl groups is 1. The highest BCUT2D eigenvalue weighted by Crippen LogP contribution is 2.14. The molecule has 0 saturated carbocycles. The van der Waals surface area contributed by atoms with Crippen LogP contribution in [-0.2, 0) is 6.42 Å². The average Bonchev–Trinajstić information content (AvgIpc) is 2.17. The molecule has 4 nitrogen and oxygen atoms in total. The Morgan fingerprint density at radius 2 is 2.25 bits per heavy atom. The van der Waals surface area contributed by atoms with Crippen molar-refractivity contribution in [2.45, 2.75) is 39.2 Å². The number of halogens is 1. The van der Waals surface area contributed by atoms with Gasteiger partial charge in [0.2, 0.25) is 0 Å². The lowest BCUT2D eigenvalue weighted by atomic mass is 10.2. The van der Waals surface area contributed by atoms with Gasteiger partial charge in [0.25, 0.3) is 0 Å². The second-order valence-corrected chi connectivity index (χ2v) is 4.61. The van der Waals surface area contributed by atoms with Gasteiger partial charge in [-0.1, -0.05) is 6.92 Å². The van der Waals surface area contributed by atoms with Crippen molar-refractivity contribution in [3.63, 3.8) is 0 Å². The highest BCUT2D eigenvalue weighted by molar-refractivity contribution is 9.10. The molecule has 0 aliphatic rings. The van der Waals surface area contributed by atoms with Crippen molar-refractivity contribution in [1.82, 2.24) is 9.97 Å². The Morgan fingerprint density at radius 1 is 1.50 bits per heavy atom. The van der Waals surface area contributed by atoms with E-state index in [1.807, 2.05) is 13.0 Å². The zero-order valence-corrected chi connectivity index (χ0v) is 11.3. The van der Waals surface area contributed by atoms with Gasteiger partial charge < -0.3 is 10.4 Å². The molecule has 0 bridgehead atoms. The summed E-state index contributed by atoms with van der Waals surface area (Å²) in [6.45, 7) is 4.31. The van der Waals surface area contributed by atoms with Gasteiger partial charge in [0, 0.05) is 25.1 Å². The zero-order chi connectivity index (χ0) is 12.0. The van der Waals surface area contributed by atoms with Crippen LogP contribution in [0, 0.1) is 0 Å². The van der Waals surface area contributed by atoms with Gasteiger partial charge in [-0.25, -0.2) is 9.97 Å².